The maximum atomic E-state index is 4.93. The van der Waals surface area contributed by atoms with Gasteiger partial charge in [0.05, 0.1) is 16.7 Å². The highest BCUT2D eigenvalue weighted by Crippen LogP contribution is 2.32. The minimum absolute atomic E-state index is 0.992. The van der Waals surface area contributed by atoms with Crippen LogP contribution in [0.5, 0.6) is 0 Å². The lowest BCUT2D eigenvalue weighted by molar-refractivity contribution is 1.06. The molecule has 4 aromatic rings. The fraction of sp³-hybridized carbons (Fsp3) is 0.136. The van der Waals surface area contributed by atoms with Gasteiger partial charge in [0.15, 0.2) is 0 Å². The second kappa shape index (κ2) is 5.64. The molecule has 0 unspecified atom stereocenters. The van der Waals surface area contributed by atoms with Gasteiger partial charge in [-0.25, -0.2) is 4.98 Å². The number of hydrogen-bond acceptors (Lipinski definition) is 1. The summed E-state index contributed by atoms with van der Waals surface area (Å²) in [5.41, 5.74) is 8.36. The zero-order valence-electron chi connectivity index (χ0n) is 14.2. The topological polar surface area (TPSA) is 17.8 Å². The van der Waals surface area contributed by atoms with E-state index in [-0.39, 0.29) is 0 Å². The van der Waals surface area contributed by atoms with Gasteiger partial charge in [-0.2, -0.15) is 0 Å². The lowest BCUT2D eigenvalue weighted by Crippen LogP contribution is -2.03. The molecule has 0 amide bonds. The predicted octanol–water partition coefficient (Wildman–Crippen LogP) is 5.62. The molecule has 0 radical (unpaired) electrons. The predicted molar refractivity (Wildman–Crippen MR) is 101 cm³/mol. The molecule has 0 saturated heterocycles. The molecule has 1 aromatic heterocycles. The Morgan fingerprint density at radius 1 is 0.750 bits per heavy atom. The van der Waals surface area contributed by atoms with E-state index < -0.39 is 0 Å². The summed E-state index contributed by atoms with van der Waals surface area (Å²) >= 11 is 0. The quantitative estimate of drug-likeness (QED) is 0.470. The van der Waals surface area contributed by atoms with Gasteiger partial charge in [0, 0.05) is 5.56 Å². The largest absolute Gasteiger partial charge is 0.292 e. The van der Waals surface area contributed by atoms with Gasteiger partial charge in [0.2, 0.25) is 0 Å². The number of aromatic nitrogens is 2. The van der Waals surface area contributed by atoms with Crippen molar-refractivity contribution in [3.05, 3.63) is 83.4 Å². The Morgan fingerprint density at radius 2 is 1.38 bits per heavy atom. The molecule has 0 aliphatic rings. The molecule has 0 aliphatic heterocycles. The fourth-order valence-corrected chi connectivity index (χ4v) is 3.56. The number of fused-ring (bicyclic) bond motifs is 1. The highest BCUT2D eigenvalue weighted by molar-refractivity contribution is 5.84. The molecule has 0 N–H and O–H groups in total. The van der Waals surface area contributed by atoms with Gasteiger partial charge in [-0.15, -0.1) is 0 Å². The fourth-order valence-electron chi connectivity index (χ4n) is 3.56. The molecule has 0 atom stereocenters. The van der Waals surface area contributed by atoms with Gasteiger partial charge < -0.3 is 0 Å². The van der Waals surface area contributed by atoms with Crippen molar-refractivity contribution >= 4 is 11.0 Å². The van der Waals surface area contributed by atoms with Gasteiger partial charge in [0.25, 0.3) is 0 Å². The van der Waals surface area contributed by atoms with Gasteiger partial charge in [-0.1, -0.05) is 60.2 Å². The van der Waals surface area contributed by atoms with Crippen molar-refractivity contribution in [1.82, 2.24) is 9.55 Å². The smallest absolute Gasteiger partial charge is 0.145 e. The van der Waals surface area contributed by atoms with E-state index in [1.807, 2.05) is 12.1 Å². The first-order valence-electron chi connectivity index (χ1n) is 8.26. The third-order valence-corrected chi connectivity index (χ3v) is 4.45. The lowest BCUT2D eigenvalue weighted by Gasteiger charge is -2.16. The summed E-state index contributed by atoms with van der Waals surface area (Å²) in [5, 5.41) is 0. The zero-order chi connectivity index (χ0) is 16.7. The average molecular weight is 312 g/mol. The molecule has 2 nitrogen and oxygen atoms in total. The number of aryl methyl sites for hydroxylation is 3. The number of rotatable bonds is 2. The van der Waals surface area contributed by atoms with E-state index in [0.717, 1.165) is 22.4 Å². The molecule has 0 aliphatic carbocycles. The van der Waals surface area contributed by atoms with Crippen molar-refractivity contribution in [3.8, 4) is 17.1 Å². The van der Waals surface area contributed by atoms with Crippen molar-refractivity contribution in [3.63, 3.8) is 0 Å². The number of hydrogen-bond donors (Lipinski definition) is 0. The van der Waals surface area contributed by atoms with Crippen molar-refractivity contribution in [2.75, 3.05) is 0 Å². The first-order chi connectivity index (χ1) is 11.6. The molecule has 1 heterocycles. The Bertz CT molecular complexity index is 1000. The van der Waals surface area contributed by atoms with Crippen LogP contribution < -0.4 is 0 Å². The van der Waals surface area contributed by atoms with Gasteiger partial charge in [-0.05, 0) is 44.0 Å². The summed E-state index contributed by atoms with van der Waals surface area (Å²) in [6.07, 6.45) is 0. The highest BCUT2D eigenvalue weighted by Gasteiger charge is 2.17. The van der Waals surface area contributed by atoms with E-state index in [1.54, 1.807) is 0 Å². The van der Waals surface area contributed by atoms with Crippen LogP contribution in [0.3, 0.4) is 0 Å². The monoisotopic (exact) mass is 312 g/mol. The molecule has 3 aromatic carbocycles. The van der Waals surface area contributed by atoms with Crippen LogP contribution in [0.1, 0.15) is 16.7 Å². The van der Waals surface area contributed by atoms with Crippen molar-refractivity contribution in [2.45, 2.75) is 20.8 Å². The van der Waals surface area contributed by atoms with Crippen LogP contribution in [0.4, 0.5) is 0 Å². The third kappa shape index (κ3) is 2.31. The third-order valence-electron chi connectivity index (χ3n) is 4.45. The van der Waals surface area contributed by atoms with Gasteiger partial charge >= 0.3 is 0 Å². The summed E-state index contributed by atoms with van der Waals surface area (Å²) in [4.78, 5) is 4.93. The summed E-state index contributed by atoms with van der Waals surface area (Å²) in [6.45, 7) is 6.51. The molecule has 118 valence electrons. The minimum Gasteiger partial charge on any atom is -0.292 e. The summed E-state index contributed by atoms with van der Waals surface area (Å²) in [5.74, 6) is 0.992. The molecule has 0 bridgehead atoms. The van der Waals surface area contributed by atoms with Crippen LogP contribution in [0.15, 0.2) is 66.7 Å². The van der Waals surface area contributed by atoms with Crippen LogP contribution in [0, 0.1) is 20.8 Å². The Hall–Kier alpha value is -2.87. The number of benzene rings is 3. The second-order valence-electron chi connectivity index (χ2n) is 6.37. The molecule has 0 fully saturated rings. The Balaban J connectivity index is 2.12. The summed E-state index contributed by atoms with van der Waals surface area (Å²) < 4.78 is 2.30. The molecule has 24 heavy (non-hydrogen) atoms. The van der Waals surface area contributed by atoms with Crippen LogP contribution in [-0.2, 0) is 0 Å². The normalized spacial score (nSPS) is 11.1. The zero-order valence-corrected chi connectivity index (χ0v) is 14.2. The Kier molecular flexibility index (Phi) is 3.46. The second-order valence-corrected chi connectivity index (χ2v) is 6.37. The number of imidazole rings is 1. The Labute approximate surface area is 142 Å². The SMILES string of the molecule is Cc1cc(C)c(-n2c(-c3ccccc3)nc3ccccc32)c(C)c1. The van der Waals surface area contributed by atoms with Crippen molar-refractivity contribution in [2.24, 2.45) is 0 Å². The van der Waals surface area contributed by atoms with E-state index in [1.165, 1.54) is 22.4 Å². The standard InChI is InChI=1S/C22H20N2/c1-15-13-16(2)21(17(3)14-15)24-20-12-8-7-11-19(20)23-22(24)18-9-5-4-6-10-18/h4-14H,1-3H3. The molecule has 2 heteroatoms. The van der Waals surface area contributed by atoms with E-state index in [4.69, 9.17) is 4.98 Å². The molecule has 4 rings (SSSR count). The maximum Gasteiger partial charge on any atom is 0.145 e. The van der Waals surface area contributed by atoms with Crippen molar-refractivity contribution in [1.29, 1.82) is 0 Å². The molecule has 0 saturated carbocycles. The molecular formula is C22H20N2. The first-order valence-corrected chi connectivity index (χ1v) is 8.26. The van der Waals surface area contributed by atoms with E-state index in [2.05, 4.69) is 79.9 Å². The summed E-state index contributed by atoms with van der Waals surface area (Å²) in [6, 6.07) is 23.2. The van der Waals surface area contributed by atoms with Gasteiger partial charge in [-0.3, -0.25) is 4.57 Å². The van der Waals surface area contributed by atoms with E-state index in [0.29, 0.717) is 0 Å². The number of para-hydroxylation sites is 2. The molecular weight excluding hydrogens is 292 g/mol. The molecule has 0 spiro atoms. The highest BCUT2D eigenvalue weighted by atomic mass is 15.1. The van der Waals surface area contributed by atoms with E-state index in [9.17, 15) is 0 Å². The van der Waals surface area contributed by atoms with Crippen LogP contribution in [-0.4, -0.2) is 9.55 Å². The van der Waals surface area contributed by atoms with E-state index >= 15 is 0 Å². The first kappa shape index (κ1) is 14.7. The minimum atomic E-state index is 0.992. The average Bonchev–Trinajstić information content (AvgIpc) is 2.94. The van der Waals surface area contributed by atoms with Crippen LogP contribution in [0.2, 0.25) is 0 Å². The summed E-state index contributed by atoms with van der Waals surface area (Å²) in [7, 11) is 0. The maximum absolute atomic E-state index is 4.93. The lowest BCUT2D eigenvalue weighted by atomic mass is 10.0. The van der Waals surface area contributed by atoms with Crippen molar-refractivity contribution < 1.29 is 0 Å². The van der Waals surface area contributed by atoms with Crippen LogP contribution >= 0.6 is 0 Å². The van der Waals surface area contributed by atoms with Gasteiger partial charge in [0.1, 0.15) is 5.82 Å². The van der Waals surface area contributed by atoms with Crippen LogP contribution in [0.25, 0.3) is 28.1 Å². The number of nitrogens with zero attached hydrogens (tertiary/aromatic N) is 2. The Morgan fingerprint density at radius 3 is 2.08 bits per heavy atom.